The van der Waals surface area contributed by atoms with Gasteiger partial charge in [-0.2, -0.15) is 0 Å². The van der Waals surface area contributed by atoms with Crippen LogP contribution in [0.5, 0.6) is 17.2 Å². The van der Waals surface area contributed by atoms with E-state index in [1.54, 1.807) is 25.3 Å². The highest BCUT2D eigenvalue weighted by atomic mass is 35.5. The van der Waals surface area contributed by atoms with Gasteiger partial charge in [0.1, 0.15) is 10.1 Å². The third-order valence-corrected chi connectivity index (χ3v) is 6.49. The summed E-state index contributed by atoms with van der Waals surface area (Å²) in [6, 6.07) is 11.7. The van der Waals surface area contributed by atoms with Gasteiger partial charge in [0.15, 0.2) is 11.5 Å². The molecule has 0 aromatic heterocycles. The molecule has 1 N–H and O–H groups in total. The molecule has 32 heavy (non-hydrogen) atoms. The summed E-state index contributed by atoms with van der Waals surface area (Å²) in [6.07, 6.45) is 3.47. The molecule has 1 aliphatic rings. The van der Waals surface area contributed by atoms with Crippen LogP contribution < -0.4 is 19.5 Å². The highest BCUT2D eigenvalue weighted by Crippen LogP contribution is 2.38. The summed E-state index contributed by atoms with van der Waals surface area (Å²) in [5.41, 5.74) is 1.95. The summed E-state index contributed by atoms with van der Waals surface area (Å²) in [4.78, 5) is 12.4. The van der Waals surface area contributed by atoms with Gasteiger partial charge in [0.25, 0.3) is 5.91 Å². The molecule has 2 aromatic rings. The number of amides is 1. The molecule has 1 fully saturated rings. The van der Waals surface area contributed by atoms with Crippen LogP contribution in [-0.2, 0) is 4.79 Å². The zero-order valence-corrected chi connectivity index (χ0v) is 20.7. The van der Waals surface area contributed by atoms with Crippen molar-refractivity contribution in [1.82, 2.24) is 5.32 Å². The van der Waals surface area contributed by atoms with Crippen molar-refractivity contribution in [3.8, 4) is 17.2 Å². The van der Waals surface area contributed by atoms with Crippen molar-refractivity contribution in [1.29, 1.82) is 0 Å². The molecule has 1 amide bonds. The van der Waals surface area contributed by atoms with E-state index in [0.717, 1.165) is 17.7 Å². The van der Waals surface area contributed by atoms with Crippen molar-refractivity contribution in [3.05, 3.63) is 57.5 Å². The summed E-state index contributed by atoms with van der Waals surface area (Å²) >= 11 is 12.7. The zero-order valence-electron chi connectivity index (χ0n) is 18.3. The van der Waals surface area contributed by atoms with E-state index in [0.29, 0.717) is 51.3 Å². The largest absolute Gasteiger partial charge is 0.493 e. The van der Waals surface area contributed by atoms with Gasteiger partial charge in [0, 0.05) is 6.42 Å². The van der Waals surface area contributed by atoms with Gasteiger partial charge in [0.2, 0.25) is 0 Å². The molecule has 1 unspecified atom stereocenters. The van der Waals surface area contributed by atoms with Crippen molar-refractivity contribution in [2.45, 2.75) is 32.6 Å². The van der Waals surface area contributed by atoms with Crippen molar-refractivity contribution >= 4 is 51.9 Å². The van der Waals surface area contributed by atoms with Gasteiger partial charge >= 0.3 is 0 Å². The number of hydrogen-bond donors (Lipinski definition) is 1. The summed E-state index contributed by atoms with van der Waals surface area (Å²) in [6.45, 7) is 5.33. The van der Waals surface area contributed by atoms with Crippen LogP contribution in [0.3, 0.4) is 0 Å². The van der Waals surface area contributed by atoms with Crippen LogP contribution in [0.15, 0.2) is 41.3 Å². The minimum atomic E-state index is -0.217. The second-order valence-electron chi connectivity index (χ2n) is 7.28. The van der Waals surface area contributed by atoms with Crippen molar-refractivity contribution in [3.63, 3.8) is 0 Å². The third kappa shape index (κ3) is 6.18. The number of rotatable bonds is 10. The normalized spacial score (nSPS) is 15.6. The van der Waals surface area contributed by atoms with E-state index < -0.39 is 0 Å². The number of thiocarbonyl (C=S) groups is 1. The van der Waals surface area contributed by atoms with E-state index in [2.05, 4.69) is 25.2 Å². The maximum absolute atomic E-state index is 11.9. The second kappa shape index (κ2) is 11.6. The summed E-state index contributed by atoms with van der Waals surface area (Å²) in [5, 5.41) is 3.00. The number of halogens is 1. The molecule has 0 radical (unpaired) electrons. The smallest absolute Gasteiger partial charge is 0.263 e. The molecule has 1 saturated heterocycles. The Bertz CT molecular complexity index is 1030. The fraction of sp³-hybridized carbons (Fsp3) is 0.333. The Hall–Kier alpha value is -2.22. The molecule has 8 heteroatoms. The first-order valence-corrected chi connectivity index (χ1v) is 12.0. The highest BCUT2D eigenvalue weighted by molar-refractivity contribution is 8.26. The first-order chi connectivity index (χ1) is 15.4. The van der Waals surface area contributed by atoms with E-state index in [4.69, 9.17) is 38.0 Å². The lowest BCUT2D eigenvalue weighted by Gasteiger charge is -2.16. The van der Waals surface area contributed by atoms with Crippen molar-refractivity contribution < 1.29 is 19.0 Å². The van der Waals surface area contributed by atoms with E-state index in [-0.39, 0.29) is 5.91 Å². The predicted octanol–water partition coefficient (Wildman–Crippen LogP) is 6.20. The molecule has 0 aliphatic carbocycles. The molecule has 0 spiro atoms. The van der Waals surface area contributed by atoms with Gasteiger partial charge in [-0.3, -0.25) is 4.79 Å². The number of thioether (sulfide) groups is 1. The highest BCUT2D eigenvalue weighted by Gasteiger charge is 2.22. The third-order valence-electron chi connectivity index (χ3n) is 5.05. The number of methoxy groups -OCH3 is 1. The average molecular weight is 492 g/mol. The fourth-order valence-corrected chi connectivity index (χ4v) is 4.51. The van der Waals surface area contributed by atoms with Crippen LogP contribution in [0.4, 0.5) is 0 Å². The van der Waals surface area contributed by atoms with E-state index >= 15 is 0 Å². The Labute approximate surface area is 203 Å². The number of hydrogen-bond acceptors (Lipinski definition) is 6. The van der Waals surface area contributed by atoms with Crippen molar-refractivity contribution in [2.75, 3.05) is 20.3 Å². The molecule has 0 bridgehead atoms. The lowest BCUT2D eigenvalue weighted by Crippen LogP contribution is -2.17. The number of carbonyl (C=O) groups excluding carboxylic acids is 1. The molecule has 5 nitrogen and oxygen atoms in total. The second-order valence-corrected chi connectivity index (χ2v) is 9.41. The number of benzene rings is 2. The van der Waals surface area contributed by atoms with Crippen LogP contribution in [0.25, 0.3) is 6.08 Å². The molecule has 1 heterocycles. The monoisotopic (exact) mass is 491 g/mol. The first-order valence-electron chi connectivity index (χ1n) is 10.4. The quantitative estimate of drug-likeness (QED) is 0.242. The first kappa shape index (κ1) is 24.4. The van der Waals surface area contributed by atoms with Crippen LogP contribution >= 0.6 is 35.6 Å². The molecule has 1 aliphatic heterocycles. The van der Waals surface area contributed by atoms with Gasteiger partial charge < -0.3 is 19.5 Å². The Morgan fingerprint density at radius 1 is 1.19 bits per heavy atom. The minimum Gasteiger partial charge on any atom is -0.493 e. The van der Waals surface area contributed by atoms with Gasteiger partial charge in [-0.25, -0.2) is 0 Å². The van der Waals surface area contributed by atoms with Crippen LogP contribution in [-0.4, -0.2) is 30.6 Å². The topological polar surface area (TPSA) is 56.8 Å². The number of carbonyl (C=O) groups is 1. The van der Waals surface area contributed by atoms with Gasteiger partial charge in [0.05, 0.1) is 30.3 Å². The van der Waals surface area contributed by atoms with E-state index in [1.807, 2.05) is 18.2 Å². The molecular weight excluding hydrogens is 466 g/mol. The number of para-hydroxylation sites is 1. The maximum atomic E-state index is 11.9. The summed E-state index contributed by atoms with van der Waals surface area (Å²) in [7, 11) is 1.55. The standard InChI is InChI=1S/C24H26ClNO4S2/c1-4-15(2)17-8-5-6-9-19(17)29-10-7-11-30-22-18(25)12-16(13-20(22)28-3)14-21-23(27)26-24(31)32-21/h5-6,8-9,12-15H,4,7,10-11H2,1-3H3,(H,26,27,31)/b21-14+. The molecular formula is C24H26ClNO4S2. The Morgan fingerprint density at radius 2 is 1.94 bits per heavy atom. The van der Waals surface area contributed by atoms with E-state index in [1.165, 1.54) is 17.3 Å². The lowest BCUT2D eigenvalue weighted by atomic mass is 9.98. The number of ether oxygens (including phenoxy) is 3. The summed E-state index contributed by atoms with van der Waals surface area (Å²) in [5.74, 6) is 2.12. The summed E-state index contributed by atoms with van der Waals surface area (Å²) < 4.78 is 17.8. The van der Waals surface area contributed by atoms with Crippen LogP contribution in [0.1, 0.15) is 43.7 Å². The van der Waals surface area contributed by atoms with Crippen molar-refractivity contribution in [2.24, 2.45) is 0 Å². The molecule has 3 rings (SSSR count). The minimum absolute atomic E-state index is 0.217. The lowest BCUT2D eigenvalue weighted by molar-refractivity contribution is -0.115. The molecule has 170 valence electrons. The van der Waals surface area contributed by atoms with Crippen LogP contribution in [0, 0.1) is 0 Å². The maximum Gasteiger partial charge on any atom is 0.263 e. The van der Waals surface area contributed by atoms with Gasteiger partial charge in [-0.15, -0.1) is 0 Å². The Morgan fingerprint density at radius 3 is 2.62 bits per heavy atom. The SMILES string of the molecule is CCC(C)c1ccccc1OCCCOc1c(Cl)cc(/C=C2/SC(=S)NC2=O)cc1OC. The molecule has 2 aromatic carbocycles. The van der Waals surface area contributed by atoms with Gasteiger partial charge in [-0.05, 0) is 47.7 Å². The van der Waals surface area contributed by atoms with Gasteiger partial charge in [-0.1, -0.05) is 67.6 Å². The Kier molecular flexibility index (Phi) is 8.84. The molecule has 1 atom stereocenters. The average Bonchev–Trinajstić information content (AvgIpc) is 3.10. The van der Waals surface area contributed by atoms with E-state index in [9.17, 15) is 4.79 Å². The predicted molar refractivity (Wildman–Crippen MR) is 135 cm³/mol. The molecule has 0 saturated carbocycles. The number of nitrogens with one attached hydrogen (secondary N) is 1. The Balaban J connectivity index is 1.59. The van der Waals surface area contributed by atoms with Crippen LogP contribution in [0.2, 0.25) is 5.02 Å². The fourth-order valence-electron chi connectivity index (χ4n) is 3.19. The zero-order chi connectivity index (χ0) is 23.1.